The van der Waals surface area contributed by atoms with Crippen LogP contribution in [-0.4, -0.2) is 15.0 Å². The number of nitriles is 1. The van der Waals surface area contributed by atoms with Crippen LogP contribution in [0.4, 0.5) is 0 Å². The molecule has 21 heavy (non-hydrogen) atoms. The third kappa shape index (κ3) is 5.29. The molecule has 1 aromatic rings. The first kappa shape index (κ1) is 17.4. The maximum Gasteiger partial charge on any atom is 0.134 e. The molecule has 0 spiro atoms. The minimum Gasteiger partial charge on any atom is -0.260 e. The van der Waals surface area contributed by atoms with Crippen molar-refractivity contribution in [3.63, 3.8) is 0 Å². The van der Waals surface area contributed by atoms with Gasteiger partial charge in [0.05, 0.1) is 10.6 Å². The summed E-state index contributed by atoms with van der Waals surface area (Å²) in [5.41, 5.74) is -0.174. The van der Waals surface area contributed by atoms with Crippen LogP contribution in [0, 0.1) is 10.7 Å². The standard InChI is InChI=1S/C14H13BrN2S4/c1-14(2)12(21-13(17-14)20-9-18-8-16)7-19-11-5-3-10(15)4-6-11/h3-7H,9H2,1-2H3. The third-order valence-electron chi connectivity index (χ3n) is 2.59. The number of hydrogen-bond acceptors (Lipinski definition) is 6. The van der Waals surface area contributed by atoms with Crippen LogP contribution in [0.25, 0.3) is 0 Å². The van der Waals surface area contributed by atoms with Crippen LogP contribution in [0.3, 0.4) is 0 Å². The number of aliphatic imine (C=N–C) groups is 1. The number of nitrogens with zero attached hydrogens (tertiary/aromatic N) is 2. The Morgan fingerprint density at radius 1 is 1.38 bits per heavy atom. The van der Waals surface area contributed by atoms with E-state index >= 15 is 0 Å². The van der Waals surface area contributed by atoms with E-state index in [1.807, 2.05) is 12.1 Å². The Morgan fingerprint density at radius 3 is 2.76 bits per heavy atom. The first-order chi connectivity index (χ1) is 10.0. The molecule has 0 aliphatic carbocycles. The molecular formula is C14H13BrN2S4. The van der Waals surface area contributed by atoms with Crippen LogP contribution in [0.1, 0.15) is 13.8 Å². The van der Waals surface area contributed by atoms with Gasteiger partial charge in [-0.2, -0.15) is 5.26 Å². The largest absolute Gasteiger partial charge is 0.260 e. The number of thiocyanates is 1. The molecule has 0 amide bonds. The minimum atomic E-state index is -0.174. The molecule has 1 aliphatic heterocycles. The highest BCUT2D eigenvalue weighted by molar-refractivity contribution is 9.10. The van der Waals surface area contributed by atoms with E-state index in [1.165, 1.54) is 21.6 Å². The summed E-state index contributed by atoms with van der Waals surface area (Å²) in [6.45, 7) is 4.25. The first-order valence-corrected chi connectivity index (χ1v) is 10.5. The summed E-state index contributed by atoms with van der Waals surface area (Å²) in [5, 5.41) is 13.6. The Kier molecular flexibility index (Phi) is 6.63. The van der Waals surface area contributed by atoms with Crippen molar-refractivity contribution >= 4 is 67.4 Å². The van der Waals surface area contributed by atoms with Gasteiger partial charge in [-0.1, -0.05) is 51.2 Å². The maximum atomic E-state index is 8.56. The zero-order valence-corrected chi connectivity index (χ0v) is 16.4. The molecule has 110 valence electrons. The Bertz CT molecular complexity index is 602. The second kappa shape index (κ2) is 8.02. The van der Waals surface area contributed by atoms with E-state index in [0.29, 0.717) is 0 Å². The maximum absolute atomic E-state index is 8.56. The summed E-state index contributed by atoms with van der Waals surface area (Å²) in [7, 11) is 0. The lowest BCUT2D eigenvalue weighted by Crippen LogP contribution is -2.13. The van der Waals surface area contributed by atoms with Crippen LogP contribution >= 0.6 is 63.0 Å². The average molecular weight is 417 g/mol. The Hall–Kier alpha value is -0.000000000000000111. The molecular weight excluding hydrogens is 404 g/mol. The molecule has 0 N–H and O–H groups in total. The van der Waals surface area contributed by atoms with Gasteiger partial charge in [-0.05, 0) is 55.3 Å². The molecule has 1 aliphatic rings. The van der Waals surface area contributed by atoms with Crippen molar-refractivity contribution < 1.29 is 0 Å². The predicted molar refractivity (Wildman–Crippen MR) is 103 cm³/mol. The fraction of sp³-hybridized carbons (Fsp3) is 0.286. The summed E-state index contributed by atoms with van der Waals surface area (Å²) >= 11 is 9.76. The van der Waals surface area contributed by atoms with Gasteiger partial charge in [0, 0.05) is 14.3 Å². The van der Waals surface area contributed by atoms with Crippen LogP contribution in [-0.2, 0) is 0 Å². The lowest BCUT2D eigenvalue weighted by molar-refractivity contribution is 0.658. The topological polar surface area (TPSA) is 36.1 Å². The zero-order valence-electron chi connectivity index (χ0n) is 11.5. The third-order valence-corrected chi connectivity index (χ3v) is 7.29. The summed E-state index contributed by atoms with van der Waals surface area (Å²) in [5.74, 6) is 0. The second-order valence-electron chi connectivity index (χ2n) is 4.59. The number of halogens is 1. The molecule has 7 heteroatoms. The fourth-order valence-electron chi connectivity index (χ4n) is 1.50. The summed E-state index contributed by atoms with van der Waals surface area (Å²) in [6, 6.07) is 8.28. The van der Waals surface area contributed by atoms with E-state index in [0.717, 1.165) is 13.9 Å². The Morgan fingerprint density at radius 2 is 2.10 bits per heavy atom. The molecule has 0 aromatic heterocycles. The molecule has 0 radical (unpaired) electrons. The van der Waals surface area contributed by atoms with Gasteiger partial charge in [0.2, 0.25) is 0 Å². The summed E-state index contributed by atoms with van der Waals surface area (Å²) in [6.07, 6.45) is 0. The van der Waals surface area contributed by atoms with Crippen molar-refractivity contribution in [2.24, 2.45) is 4.99 Å². The highest BCUT2D eigenvalue weighted by Crippen LogP contribution is 2.44. The number of hydrogen-bond donors (Lipinski definition) is 0. The fourth-order valence-corrected chi connectivity index (χ4v) is 5.76. The van der Waals surface area contributed by atoms with E-state index in [-0.39, 0.29) is 5.54 Å². The van der Waals surface area contributed by atoms with Gasteiger partial charge in [-0.25, -0.2) is 0 Å². The molecule has 2 rings (SSSR count). The van der Waals surface area contributed by atoms with Gasteiger partial charge in [0.15, 0.2) is 0 Å². The van der Waals surface area contributed by atoms with E-state index in [9.17, 15) is 0 Å². The smallest absolute Gasteiger partial charge is 0.134 e. The van der Waals surface area contributed by atoms with Crippen LogP contribution in [0.5, 0.6) is 0 Å². The molecule has 0 atom stereocenters. The van der Waals surface area contributed by atoms with Gasteiger partial charge in [0.1, 0.15) is 9.78 Å². The second-order valence-corrected chi connectivity index (χ2v) is 9.83. The van der Waals surface area contributed by atoms with Crippen molar-refractivity contribution in [1.29, 1.82) is 5.26 Å². The molecule has 1 heterocycles. The normalized spacial score (nSPS) is 18.6. The SMILES string of the molecule is CC1(C)N=C(SCSC#N)SC1=CSc1ccc(Br)cc1. The van der Waals surface area contributed by atoms with Crippen LogP contribution in [0.2, 0.25) is 0 Å². The van der Waals surface area contributed by atoms with Gasteiger partial charge in [-0.3, -0.25) is 4.99 Å². The lowest BCUT2D eigenvalue weighted by Gasteiger charge is -2.14. The molecule has 0 unspecified atom stereocenters. The van der Waals surface area contributed by atoms with Gasteiger partial charge < -0.3 is 0 Å². The van der Waals surface area contributed by atoms with E-state index in [1.54, 1.807) is 35.3 Å². The lowest BCUT2D eigenvalue weighted by atomic mass is 10.1. The van der Waals surface area contributed by atoms with Gasteiger partial charge in [0.25, 0.3) is 0 Å². The van der Waals surface area contributed by atoms with Crippen molar-refractivity contribution in [3.8, 4) is 5.40 Å². The average Bonchev–Trinajstić information content (AvgIpc) is 2.73. The van der Waals surface area contributed by atoms with E-state index in [4.69, 9.17) is 10.3 Å². The highest BCUT2D eigenvalue weighted by atomic mass is 79.9. The molecule has 0 saturated carbocycles. The molecule has 0 fully saturated rings. The Labute approximate surface area is 150 Å². The summed E-state index contributed by atoms with van der Waals surface area (Å²) in [4.78, 5) is 7.19. The van der Waals surface area contributed by atoms with E-state index in [2.05, 4.69) is 52.7 Å². The Balaban J connectivity index is 1.99. The zero-order chi connectivity index (χ0) is 15.3. The summed E-state index contributed by atoms with van der Waals surface area (Å²) < 4.78 is 2.14. The van der Waals surface area contributed by atoms with Crippen LogP contribution < -0.4 is 0 Å². The number of rotatable bonds is 4. The number of thioether (sulfide) groups is 4. The molecule has 1 aromatic carbocycles. The van der Waals surface area contributed by atoms with Gasteiger partial charge in [-0.15, -0.1) is 0 Å². The van der Waals surface area contributed by atoms with Crippen molar-refractivity contribution in [2.75, 3.05) is 5.08 Å². The first-order valence-electron chi connectivity index (χ1n) is 6.05. The molecule has 0 saturated heterocycles. The van der Waals surface area contributed by atoms with Crippen molar-refractivity contribution in [2.45, 2.75) is 24.3 Å². The van der Waals surface area contributed by atoms with Gasteiger partial charge >= 0.3 is 0 Å². The quantitative estimate of drug-likeness (QED) is 0.253. The van der Waals surface area contributed by atoms with E-state index < -0.39 is 0 Å². The van der Waals surface area contributed by atoms with Crippen molar-refractivity contribution in [1.82, 2.24) is 0 Å². The molecule has 0 bridgehead atoms. The van der Waals surface area contributed by atoms with Crippen LogP contribution in [0.15, 0.2) is 48.9 Å². The predicted octanol–water partition coefficient (Wildman–Crippen LogP) is 6.17. The molecule has 2 nitrogen and oxygen atoms in total. The monoisotopic (exact) mass is 416 g/mol. The minimum absolute atomic E-state index is 0.174. The number of benzene rings is 1. The van der Waals surface area contributed by atoms with Crippen molar-refractivity contribution in [3.05, 3.63) is 39.1 Å². The highest BCUT2D eigenvalue weighted by Gasteiger charge is 2.31.